The number of carboxylic acids is 2. The standard InChI is InChI=1S/C18H19F3N4O6S/c1-23-15(13(9-22-23)17(28)29)10-24-4-6-25(7-5-24)32(30,31)11-2-3-12(16(26)27)14(8-11)18(19,20)21/h2-3,8-9H,4-7,10H2,1H3,(H,26,27)(H,28,29). The van der Waals surface area contributed by atoms with E-state index in [-0.39, 0.29) is 38.3 Å². The van der Waals surface area contributed by atoms with E-state index in [9.17, 15) is 36.3 Å². The molecule has 0 atom stereocenters. The van der Waals surface area contributed by atoms with Crippen LogP contribution in [-0.4, -0.2) is 75.7 Å². The fourth-order valence-corrected chi connectivity index (χ4v) is 4.87. The van der Waals surface area contributed by atoms with Crippen molar-refractivity contribution >= 4 is 22.0 Å². The minimum Gasteiger partial charge on any atom is -0.478 e. The fraction of sp³-hybridized carbons (Fsp3) is 0.389. The average molecular weight is 476 g/mol. The van der Waals surface area contributed by atoms with Crippen LogP contribution in [0.5, 0.6) is 0 Å². The number of hydrogen-bond donors (Lipinski definition) is 2. The van der Waals surface area contributed by atoms with Crippen LogP contribution in [0.3, 0.4) is 0 Å². The molecule has 1 fully saturated rings. The minimum absolute atomic E-state index is 0.0285. The van der Waals surface area contributed by atoms with E-state index in [1.54, 1.807) is 7.05 Å². The van der Waals surface area contributed by atoms with Gasteiger partial charge in [-0.05, 0) is 18.2 Å². The van der Waals surface area contributed by atoms with Crippen LogP contribution in [0.1, 0.15) is 32.0 Å². The first-order valence-corrected chi connectivity index (χ1v) is 10.7. The summed E-state index contributed by atoms with van der Waals surface area (Å²) in [6.45, 7) is 0.554. The average Bonchev–Trinajstić information content (AvgIpc) is 3.07. The molecule has 1 aliphatic heterocycles. The Morgan fingerprint density at radius 3 is 2.19 bits per heavy atom. The smallest absolute Gasteiger partial charge is 0.417 e. The number of carboxylic acid groups (broad SMARTS) is 2. The van der Waals surface area contributed by atoms with E-state index in [1.807, 2.05) is 4.90 Å². The maximum atomic E-state index is 13.2. The molecule has 0 spiro atoms. The number of aromatic nitrogens is 2. The van der Waals surface area contributed by atoms with Gasteiger partial charge in [-0.15, -0.1) is 0 Å². The zero-order valence-electron chi connectivity index (χ0n) is 16.7. The van der Waals surface area contributed by atoms with Gasteiger partial charge in [0.05, 0.1) is 27.9 Å². The van der Waals surface area contributed by atoms with Gasteiger partial charge in [-0.1, -0.05) is 0 Å². The molecule has 1 saturated heterocycles. The van der Waals surface area contributed by atoms with Gasteiger partial charge in [0.25, 0.3) is 0 Å². The molecular formula is C18H19F3N4O6S. The Labute approximate surface area is 180 Å². The minimum atomic E-state index is -5.04. The molecule has 0 unspecified atom stereocenters. The lowest BCUT2D eigenvalue weighted by atomic mass is 10.1. The molecule has 10 nitrogen and oxygen atoms in total. The number of rotatable bonds is 6. The molecule has 174 valence electrons. The lowest BCUT2D eigenvalue weighted by Crippen LogP contribution is -2.48. The van der Waals surface area contributed by atoms with Crippen molar-refractivity contribution in [1.82, 2.24) is 19.0 Å². The van der Waals surface area contributed by atoms with Crippen molar-refractivity contribution in [2.24, 2.45) is 7.05 Å². The maximum absolute atomic E-state index is 13.2. The number of sulfonamides is 1. The van der Waals surface area contributed by atoms with Gasteiger partial charge in [0, 0.05) is 39.8 Å². The summed E-state index contributed by atoms with van der Waals surface area (Å²) in [5, 5.41) is 22.1. The first-order chi connectivity index (χ1) is 14.8. The molecule has 2 heterocycles. The van der Waals surface area contributed by atoms with Gasteiger partial charge >= 0.3 is 18.1 Å². The Morgan fingerprint density at radius 1 is 1.06 bits per heavy atom. The van der Waals surface area contributed by atoms with Crippen LogP contribution in [0.25, 0.3) is 0 Å². The van der Waals surface area contributed by atoms with E-state index in [2.05, 4.69) is 5.10 Å². The number of halogens is 3. The maximum Gasteiger partial charge on any atom is 0.417 e. The van der Waals surface area contributed by atoms with Crippen molar-refractivity contribution in [2.75, 3.05) is 26.2 Å². The highest BCUT2D eigenvalue weighted by Crippen LogP contribution is 2.34. The summed E-state index contributed by atoms with van der Waals surface area (Å²) in [7, 11) is -2.72. The van der Waals surface area contributed by atoms with Crippen molar-refractivity contribution < 1.29 is 41.4 Å². The number of nitrogens with zero attached hydrogens (tertiary/aromatic N) is 4. The summed E-state index contributed by atoms with van der Waals surface area (Å²) in [5.41, 5.74) is -2.11. The third kappa shape index (κ3) is 4.61. The molecule has 1 aliphatic rings. The molecule has 2 N–H and O–H groups in total. The highest BCUT2D eigenvalue weighted by Gasteiger charge is 2.38. The second-order valence-corrected chi connectivity index (χ2v) is 9.06. The van der Waals surface area contributed by atoms with Crippen molar-refractivity contribution in [3.05, 3.63) is 46.8 Å². The summed E-state index contributed by atoms with van der Waals surface area (Å²) in [6, 6.07) is 1.80. The number of benzene rings is 1. The molecule has 1 aromatic heterocycles. The Bertz CT molecular complexity index is 1150. The lowest BCUT2D eigenvalue weighted by Gasteiger charge is -2.34. The van der Waals surface area contributed by atoms with Crippen LogP contribution < -0.4 is 0 Å². The fourth-order valence-electron chi connectivity index (χ4n) is 3.42. The van der Waals surface area contributed by atoms with Crippen molar-refractivity contribution in [3.63, 3.8) is 0 Å². The molecular weight excluding hydrogens is 457 g/mol. The van der Waals surface area contributed by atoms with Gasteiger partial charge < -0.3 is 10.2 Å². The Kier molecular flexibility index (Phi) is 6.31. The van der Waals surface area contributed by atoms with Crippen molar-refractivity contribution in [3.8, 4) is 0 Å². The van der Waals surface area contributed by atoms with E-state index in [0.717, 1.165) is 10.4 Å². The summed E-state index contributed by atoms with van der Waals surface area (Å²) in [4.78, 5) is 23.5. The number of alkyl halides is 3. The van der Waals surface area contributed by atoms with E-state index in [4.69, 9.17) is 5.11 Å². The first-order valence-electron chi connectivity index (χ1n) is 9.23. The molecule has 0 bridgehead atoms. The molecule has 0 radical (unpaired) electrons. The van der Waals surface area contributed by atoms with Crippen LogP contribution in [0.2, 0.25) is 0 Å². The molecule has 0 saturated carbocycles. The molecule has 3 rings (SSSR count). The predicted octanol–water partition coefficient (Wildman–Crippen LogP) is 1.34. The van der Waals surface area contributed by atoms with Crippen LogP contribution in [0, 0.1) is 0 Å². The number of carbonyl (C=O) groups is 2. The van der Waals surface area contributed by atoms with Gasteiger partial charge in [-0.3, -0.25) is 9.58 Å². The molecule has 1 aromatic carbocycles. The van der Waals surface area contributed by atoms with E-state index in [0.29, 0.717) is 17.8 Å². The number of aromatic carboxylic acids is 2. The lowest BCUT2D eigenvalue weighted by molar-refractivity contribution is -0.138. The van der Waals surface area contributed by atoms with E-state index < -0.39 is 44.2 Å². The quantitative estimate of drug-likeness (QED) is 0.638. The normalized spacial score (nSPS) is 16.2. The summed E-state index contributed by atoms with van der Waals surface area (Å²) >= 11 is 0. The second kappa shape index (κ2) is 8.52. The summed E-state index contributed by atoms with van der Waals surface area (Å²) in [6.07, 6.45) is -3.82. The van der Waals surface area contributed by atoms with Gasteiger partial charge in [0.2, 0.25) is 10.0 Å². The Balaban J connectivity index is 1.78. The van der Waals surface area contributed by atoms with E-state index >= 15 is 0 Å². The van der Waals surface area contributed by atoms with Gasteiger partial charge in [-0.25, -0.2) is 18.0 Å². The molecule has 0 aliphatic carbocycles. The Hall–Kier alpha value is -2.97. The van der Waals surface area contributed by atoms with Crippen molar-refractivity contribution in [1.29, 1.82) is 0 Å². The summed E-state index contributed by atoms with van der Waals surface area (Å²) < 4.78 is 67.9. The number of aryl methyl sites for hydroxylation is 1. The topological polar surface area (TPSA) is 133 Å². The molecule has 14 heteroatoms. The second-order valence-electron chi connectivity index (χ2n) is 7.12. The van der Waals surface area contributed by atoms with Gasteiger partial charge in [-0.2, -0.15) is 22.6 Å². The number of hydrogen-bond acceptors (Lipinski definition) is 6. The van der Waals surface area contributed by atoms with Crippen LogP contribution in [0.15, 0.2) is 29.3 Å². The van der Waals surface area contributed by atoms with Crippen LogP contribution in [0.4, 0.5) is 13.2 Å². The molecule has 0 amide bonds. The zero-order chi connectivity index (χ0) is 23.8. The Morgan fingerprint density at radius 2 is 1.66 bits per heavy atom. The summed E-state index contributed by atoms with van der Waals surface area (Å²) in [5.74, 6) is -2.95. The monoisotopic (exact) mass is 476 g/mol. The van der Waals surface area contributed by atoms with Crippen LogP contribution >= 0.6 is 0 Å². The molecule has 32 heavy (non-hydrogen) atoms. The first kappa shape index (κ1) is 23.7. The van der Waals surface area contributed by atoms with Gasteiger partial charge in [0.1, 0.15) is 5.56 Å². The molecule has 2 aromatic rings. The highest BCUT2D eigenvalue weighted by atomic mass is 32.2. The number of piperazine rings is 1. The van der Waals surface area contributed by atoms with Gasteiger partial charge in [0.15, 0.2) is 0 Å². The SMILES string of the molecule is Cn1ncc(C(=O)O)c1CN1CCN(S(=O)(=O)c2ccc(C(=O)O)c(C(F)(F)F)c2)CC1. The third-order valence-electron chi connectivity index (χ3n) is 5.16. The third-order valence-corrected chi connectivity index (χ3v) is 7.06. The zero-order valence-corrected chi connectivity index (χ0v) is 17.5. The van der Waals surface area contributed by atoms with Crippen molar-refractivity contribution in [2.45, 2.75) is 17.6 Å². The highest BCUT2D eigenvalue weighted by molar-refractivity contribution is 7.89. The predicted molar refractivity (Wildman–Crippen MR) is 103 cm³/mol. The van der Waals surface area contributed by atoms with E-state index in [1.165, 1.54) is 10.9 Å². The van der Waals surface area contributed by atoms with Crippen LogP contribution in [-0.2, 0) is 29.8 Å². The largest absolute Gasteiger partial charge is 0.478 e.